The molecule has 0 radical (unpaired) electrons. The molecule has 1 aliphatic rings. The fourth-order valence-corrected chi connectivity index (χ4v) is 2.96. The Kier molecular flexibility index (Phi) is 10.3. The monoisotopic (exact) mass is 320 g/mol. The van der Waals surface area contributed by atoms with Crippen LogP contribution < -0.4 is 10.6 Å². The van der Waals surface area contributed by atoms with Crippen LogP contribution in [0.3, 0.4) is 0 Å². The van der Waals surface area contributed by atoms with Crippen molar-refractivity contribution in [3.63, 3.8) is 0 Å². The molecule has 1 rings (SSSR count). The van der Waals surface area contributed by atoms with Crippen LogP contribution in [0.5, 0.6) is 0 Å². The van der Waals surface area contributed by atoms with Gasteiger partial charge in [0.05, 0.1) is 13.2 Å². The topological polar surface area (TPSA) is 50.4 Å². The smallest absolute Gasteiger partial charge is 0.234 e. The third-order valence-corrected chi connectivity index (χ3v) is 4.88. The maximum Gasteiger partial charge on any atom is 0.234 e. The highest BCUT2D eigenvalue weighted by Gasteiger charge is 2.32. The Bertz CT molecular complexity index is 290. The third-order valence-electron chi connectivity index (χ3n) is 4.88. The minimum Gasteiger partial charge on any atom is -0.383 e. The molecule has 0 unspecified atom stereocenters. The number of hydrogen-bond donors (Lipinski definition) is 2. The van der Waals surface area contributed by atoms with E-state index in [4.69, 9.17) is 4.74 Å². The van der Waals surface area contributed by atoms with Gasteiger partial charge in [-0.2, -0.15) is 0 Å². The second-order valence-electron chi connectivity index (χ2n) is 6.63. The second-order valence-corrected chi connectivity index (χ2v) is 6.63. The first kappa shape index (κ1) is 20.7. The zero-order valence-electron chi connectivity index (χ0n) is 14.0. The lowest BCUT2D eigenvalue weighted by atomic mass is 9.69. The van der Waals surface area contributed by atoms with Crippen molar-refractivity contribution < 1.29 is 9.53 Å². The average molecular weight is 321 g/mol. The SMILES string of the molecule is CCC(C)(C)C1CCC(NC(=O)CNCCOC)CC1.Cl. The molecule has 1 saturated carbocycles. The summed E-state index contributed by atoms with van der Waals surface area (Å²) < 4.78 is 4.93. The van der Waals surface area contributed by atoms with Gasteiger partial charge in [0.2, 0.25) is 5.91 Å². The predicted octanol–water partition coefficient (Wildman–Crippen LogP) is 2.76. The molecule has 5 heteroatoms. The number of halogens is 1. The van der Waals surface area contributed by atoms with E-state index in [1.54, 1.807) is 7.11 Å². The van der Waals surface area contributed by atoms with Gasteiger partial charge in [0.25, 0.3) is 0 Å². The maximum atomic E-state index is 11.8. The summed E-state index contributed by atoms with van der Waals surface area (Å²) in [7, 11) is 1.66. The lowest BCUT2D eigenvalue weighted by Gasteiger charge is -2.39. The summed E-state index contributed by atoms with van der Waals surface area (Å²) in [5.74, 6) is 0.916. The minimum atomic E-state index is 0. The number of ether oxygens (including phenoxy) is 1. The van der Waals surface area contributed by atoms with Crippen molar-refractivity contribution >= 4 is 18.3 Å². The van der Waals surface area contributed by atoms with Gasteiger partial charge in [-0.3, -0.25) is 4.79 Å². The number of nitrogens with one attached hydrogen (secondary N) is 2. The van der Waals surface area contributed by atoms with Crippen LogP contribution in [0.2, 0.25) is 0 Å². The molecule has 0 atom stereocenters. The van der Waals surface area contributed by atoms with Crippen molar-refractivity contribution in [3.05, 3.63) is 0 Å². The van der Waals surface area contributed by atoms with Crippen LogP contribution >= 0.6 is 12.4 Å². The van der Waals surface area contributed by atoms with Gasteiger partial charge in [-0.25, -0.2) is 0 Å². The molecule has 4 nitrogen and oxygen atoms in total. The Hall–Kier alpha value is -0.320. The largest absolute Gasteiger partial charge is 0.383 e. The fraction of sp³-hybridized carbons (Fsp3) is 0.938. The first-order chi connectivity index (χ1) is 9.49. The van der Waals surface area contributed by atoms with Gasteiger partial charge in [0.1, 0.15) is 0 Å². The standard InChI is InChI=1S/C16H32N2O2.ClH/c1-5-16(2,3)13-6-8-14(9-7-13)18-15(19)12-17-10-11-20-4;/h13-14,17H,5-12H2,1-4H3,(H,18,19);1H. The van der Waals surface area contributed by atoms with E-state index in [2.05, 4.69) is 31.4 Å². The number of rotatable bonds is 8. The Labute approximate surface area is 136 Å². The highest BCUT2D eigenvalue weighted by atomic mass is 35.5. The van der Waals surface area contributed by atoms with Gasteiger partial charge in [0.15, 0.2) is 0 Å². The van der Waals surface area contributed by atoms with E-state index < -0.39 is 0 Å². The van der Waals surface area contributed by atoms with Crippen molar-refractivity contribution in [2.45, 2.75) is 58.9 Å². The summed E-state index contributed by atoms with van der Waals surface area (Å²) in [6.45, 7) is 8.78. The molecular formula is C16H33ClN2O2. The van der Waals surface area contributed by atoms with E-state index in [0.717, 1.165) is 25.3 Å². The van der Waals surface area contributed by atoms with Crippen LogP contribution in [0.1, 0.15) is 52.9 Å². The molecule has 0 spiro atoms. The van der Waals surface area contributed by atoms with Crippen LogP contribution in [0.25, 0.3) is 0 Å². The Morgan fingerprint density at radius 2 is 1.86 bits per heavy atom. The number of carbonyl (C=O) groups is 1. The second kappa shape index (κ2) is 10.4. The van der Waals surface area contributed by atoms with E-state index in [0.29, 0.717) is 24.6 Å². The Morgan fingerprint density at radius 3 is 2.38 bits per heavy atom. The fourth-order valence-electron chi connectivity index (χ4n) is 2.96. The molecule has 0 aromatic rings. The van der Waals surface area contributed by atoms with E-state index in [1.165, 1.54) is 19.3 Å². The van der Waals surface area contributed by atoms with E-state index in [9.17, 15) is 4.79 Å². The Balaban J connectivity index is 0.00000400. The van der Waals surface area contributed by atoms with Crippen LogP contribution in [-0.4, -0.2) is 38.8 Å². The van der Waals surface area contributed by atoms with Gasteiger partial charge >= 0.3 is 0 Å². The average Bonchev–Trinajstić information content (AvgIpc) is 2.44. The van der Waals surface area contributed by atoms with Crippen molar-refractivity contribution in [2.75, 3.05) is 26.8 Å². The first-order valence-electron chi connectivity index (χ1n) is 7.98. The summed E-state index contributed by atoms with van der Waals surface area (Å²) in [5, 5.41) is 6.22. The van der Waals surface area contributed by atoms with Crippen LogP contribution in [0.4, 0.5) is 0 Å². The molecular weight excluding hydrogens is 288 g/mol. The lowest BCUT2D eigenvalue weighted by Crippen LogP contribution is -2.43. The number of hydrogen-bond acceptors (Lipinski definition) is 3. The molecule has 21 heavy (non-hydrogen) atoms. The number of carbonyl (C=O) groups excluding carboxylic acids is 1. The van der Waals surface area contributed by atoms with Crippen LogP contribution in [0, 0.1) is 11.3 Å². The summed E-state index contributed by atoms with van der Waals surface area (Å²) in [5.41, 5.74) is 0.441. The molecule has 1 amide bonds. The minimum absolute atomic E-state index is 0. The van der Waals surface area contributed by atoms with Gasteiger partial charge in [0, 0.05) is 19.7 Å². The molecule has 0 saturated heterocycles. The lowest BCUT2D eigenvalue weighted by molar-refractivity contribution is -0.121. The van der Waals surface area contributed by atoms with Gasteiger partial charge < -0.3 is 15.4 Å². The van der Waals surface area contributed by atoms with Crippen molar-refractivity contribution in [3.8, 4) is 0 Å². The quantitative estimate of drug-likeness (QED) is 0.676. The summed E-state index contributed by atoms with van der Waals surface area (Å²) in [6, 6.07) is 0.371. The van der Waals surface area contributed by atoms with Crippen molar-refractivity contribution in [1.82, 2.24) is 10.6 Å². The molecule has 1 fully saturated rings. The molecule has 126 valence electrons. The van der Waals surface area contributed by atoms with Gasteiger partial charge in [-0.15, -0.1) is 12.4 Å². The van der Waals surface area contributed by atoms with E-state index >= 15 is 0 Å². The van der Waals surface area contributed by atoms with Gasteiger partial charge in [-0.05, 0) is 37.0 Å². The molecule has 1 aliphatic carbocycles. The van der Waals surface area contributed by atoms with Crippen LogP contribution in [-0.2, 0) is 9.53 Å². The molecule has 2 N–H and O–H groups in total. The highest BCUT2D eigenvalue weighted by molar-refractivity contribution is 5.85. The molecule has 0 aromatic carbocycles. The van der Waals surface area contributed by atoms with Crippen molar-refractivity contribution in [1.29, 1.82) is 0 Å². The number of amides is 1. The molecule has 0 bridgehead atoms. The van der Waals surface area contributed by atoms with Crippen molar-refractivity contribution in [2.24, 2.45) is 11.3 Å². The Morgan fingerprint density at radius 1 is 1.24 bits per heavy atom. The first-order valence-corrected chi connectivity index (χ1v) is 7.98. The maximum absolute atomic E-state index is 11.8. The highest BCUT2D eigenvalue weighted by Crippen LogP contribution is 2.40. The molecule has 0 heterocycles. The summed E-state index contributed by atoms with van der Waals surface area (Å²) in [6.07, 6.45) is 5.96. The predicted molar refractivity (Wildman–Crippen MR) is 90.0 cm³/mol. The van der Waals surface area contributed by atoms with Crippen LogP contribution in [0.15, 0.2) is 0 Å². The summed E-state index contributed by atoms with van der Waals surface area (Å²) in [4.78, 5) is 11.8. The number of methoxy groups -OCH3 is 1. The zero-order valence-corrected chi connectivity index (χ0v) is 14.9. The summed E-state index contributed by atoms with van der Waals surface area (Å²) >= 11 is 0. The van der Waals surface area contributed by atoms with Gasteiger partial charge in [-0.1, -0.05) is 27.2 Å². The molecule has 0 aliphatic heterocycles. The van der Waals surface area contributed by atoms with E-state index in [-0.39, 0.29) is 18.3 Å². The third kappa shape index (κ3) is 7.48. The zero-order chi connectivity index (χ0) is 15.0. The normalized spacial score (nSPS) is 22.5. The van der Waals surface area contributed by atoms with E-state index in [1.807, 2.05) is 0 Å². The molecule has 0 aromatic heterocycles.